The van der Waals surface area contributed by atoms with Crippen LogP contribution in [0.2, 0.25) is 0 Å². The number of ether oxygens (including phenoxy) is 2. The lowest BCUT2D eigenvalue weighted by Crippen LogP contribution is -2.22. The van der Waals surface area contributed by atoms with Crippen molar-refractivity contribution in [3.05, 3.63) is 71.8 Å². The summed E-state index contributed by atoms with van der Waals surface area (Å²) in [5.41, 5.74) is 2.93. The largest absolute Gasteiger partial charge is 0.491 e. The molecule has 0 aromatic heterocycles. The zero-order valence-corrected chi connectivity index (χ0v) is 16.8. The molecule has 0 bridgehead atoms. The van der Waals surface area contributed by atoms with Crippen LogP contribution in [0.1, 0.15) is 24.2 Å². The van der Waals surface area contributed by atoms with Gasteiger partial charge in [-0.2, -0.15) is 5.26 Å². The van der Waals surface area contributed by atoms with Crippen LogP contribution in [0.5, 0.6) is 5.75 Å². The number of benzene rings is 2. The number of rotatable bonds is 9. The SMILES string of the molecule is C[C@@H](/C=C/C(=O)NO)[C@H](OC(=O)Nc1ccc(C#N)cc1)c1ccccc1OCCO. The lowest BCUT2D eigenvalue weighted by atomic mass is 9.96. The predicted octanol–water partition coefficient (Wildman–Crippen LogP) is 2.92. The summed E-state index contributed by atoms with van der Waals surface area (Å²) in [6.45, 7) is 1.59. The van der Waals surface area contributed by atoms with Crippen molar-refractivity contribution >= 4 is 17.7 Å². The highest BCUT2D eigenvalue weighted by Crippen LogP contribution is 2.34. The summed E-state index contributed by atoms with van der Waals surface area (Å²) < 4.78 is 11.2. The number of nitrogens with zero attached hydrogens (tertiary/aromatic N) is 1. The van der Waals surface area contributed by atoms with E-state index >= 15 is 0 Å². The molecule has 0 unspecified atom stereocenters. The average molecular weight is 425 g/mol. The summed E-state index contributed by atoms with van der Waals surface area (Å²) in [6, 6.07) is 15.1. The predicted molar refractivity (Wildman–Crippen MR) is 111 cm³/mol. The van der Waals surface area contributed by atoms with Crippen molar-refractivity contribution in [3.8, 4) is 11.8 Å². The van der Waals surface area contributed by atoms with E-state index in [4.69, 9.17) is 25.0 Å². The van der Waals surface area contributed by atoms with Crippen molar-refractivity contribution in [1.29, 1.82) is 5.26 Å². The molecule has 0 saturated heterocycles. The standard InChI is InChI=1S/C22H23N3O6/c1-15(6-11-20(27)25-29)21(18-4-2-3-5-19(18)30-13-12-26)31-22(28)24-17-9-7-16(14-23)8-10-17/h2-11,15,21,26,29H,12-13H2,1H3,(H,24,28)(H,25,27)/b11-6+/t15-,21-/m0/s1. The fraction of sp³-hybridized carbons (Fsp3) is 0.227. The number of aliphatic hydroxyl groups excluding tert-OH is 1. The molecular weight excluding hydrogens is 402 g/mol. The van der Waals surface area contributed by atoms with Crippen LogP contribution in [0, 0.1) is 17.2 Å². The van der Waals surface area contributed by atoms with Crippen LogP contribution in [0.15, 0.2) is 60.7 Å². The van der Waals surface area contributed by atoms with Gasteiger partial charge in [-0.1, -0.05) is 31.2 Å². The van der Waals surface area contributed by atoms with E-state index in [-0.39, 0.29) is 13.2 Å². The minimum absolute atomic E-state index is 0.0539. The molecule has 9 nitrogen and oxygen atoms in total. The van der Waals surface area contributed by atoms with Gasteiger partial charge in [0.05, 0.1) is 18.2 Å². The molecule has 0 aliphatic carbocycles. The summed E-state index contributed by atoms with van der Waals surface area (Å²) in [5.74, 6) is -0.792. The second-order valence-electron chi connectivity index (χ2n) is 6.44. The molecule has 0 spiro atoms. The van der Waals surface area contributed by atoms with Crippen LogP contribution in [0.4, 0.5) is 10.5 Å². The second-order valence-corrected chi connectivity index (χ2v) is 6.44. The molecule has 2 aromatic carbocycles. The van der Waals surface area contributed by atoms with Crippen LogP contribution in [0.3, 0.4) is 0 Å². The minimum atomic E-state index is -0.851. The highest BCUT2D eigenvalue weighted by atomic mass is 16.6. The average Bonchev–Trinajstić information content (AvgIpc) is 2.80. The van der Waals surface area contributed by atoms with E-state index in [2.05, 4.69) is 5.32 Å². The Morgan fingerprint density at radius 3 is 2.55 bits per heavy atom. The third-order valence-electron chi connectivity index (χ3n) is 4.21. The molecule has 2 atom stereocenters. The van der Waals surface area contributed by atoms with Gasteiger partial charge in [-0.05, 0) is 30.3 Å². The van der Waals surface area contributed by atoms with Gasteiger partial charge in [0.2, 0.25) is 0 Å². The first kappa shape index (κ1) is 23.4. The summed E-state index contributed by atoms with van der Waals surface area (Å²) in [7, 11) is 0. The Balaban J connectivity index is 2.26. The fourth-order valence-electron chi connectivity index (χ4n) is 2.72. The maximum absolute atomic E-state index is 12.6. The first-order valence-corrected chi connectivity index (χ1v) is 9.41. The normalized spacial score (nSPS) is 12.5. The first-order valence-electron chi connectivity index (χ1n) is 9.41. The van der Waals surface area contributed by atoms with Crippen molar-refractivity contribution in [3.63, 3.8) is 0 Å². The number of carbonyl (C=O) groups excluding carboxylic acids is 2. The monoisotopic (exact) mass is 425 g/mol. The van der Waals surface area contributed by atoms with Gasteiger partial charge < -0.3 is 14.6 Å². The highest BCUT2D eigenvalue weighted by molar-refractivity contribution is 5.86. The number of hydroxylamine groups is 1. The molecule has 0 heterocycles. The molecule has 2 amide bonds. The molecule has 0 radical (unpaired) electrons. The van der Waals surface area contributed by atoms with Crippen molar-refractivity contribution in [2.45, 2.75) is 13.0 Å². The number of amides is 2. The lowest BCUT2D eigenvalue weighted by Gasteiger charge is -2.24. The Morgan fingerprint density at radius 2 is 1.90 bits per heavy atom. The van der Waals surface area contributed by atoms with Gasteiger partial charge in [0.25, 0.3) is 5.91 Å². The third kappa shape index (κ3) is 7.15. The first-order chi connectivity index (χ1) is 15.0. The molecule has 2 aromatic rings. The second kappa shape index (κ2) is 12.0. The van der Waals surface area contributed by atoms with Crippen molar-refractivity contribution in [1.82, 2.24) is 5.48 Å². The number of carbonyl (C=O) groups is 2. The topological polar surface area (TPSA) is 141 Å². The van der Waals surface area contributed by atoms with Crippen LogP contribution >= 0.6 is 0 Å². The number of nitriles is 1. The summed E-state index contributed by atoms with van der Waals surface area (Å²) >= 11 is 0. The molecular formula is C22H23N3O6. The van der Waals surface area contributed by atoms with Crippen LogP contribution in [-0.4, -0.2) is 35.5 Å². The number of para-hydroxylation sites is 1. The van der Waals surface area contributed by atoms with Gasteiger partial charge >= 0.3 is 6.09 Å². The molecule has 0 aliphatic heterocycles. The fourth-order valence-corrected chi connectivity index (χ4v) is 2.72. The van der Waals surface area contributed by atoms with Crippen LogP contribution < -0.4 is 15.5 Å². The molecule has 31 heavy (non-hydrogen) atoms. The molecule has 0 fully saturated rings. The Kier molecular flexibility index (Phi) is 9.04. The Morgan fingerprint density at radius 1 is 1.19 bits per heavy atom. The van der Waals surface area contributed by atoms with Crippen molar-refractivity contribution in [2.24, 2.45) is 5.92 Å². The van der Waals surface area contributed by atoms with E-state index in [9.17, 15) is 9.59 Å². The maximum atomic E-state index is 12.6. The zero-order chi connectivity index (χ0) is 22.6. The van der Waals surface area contributed by atoms with E-state index < -0.39 is 24.0 Å². The summed E-state index contributed by atoms with van der Waals surface area (Å²) in [5, 5.41) is 29.2. The van der Waals surface area contributed by atoms with Gasteiger partial charge in [-0.3, -0.25) is 15.3 Å². The Bertz CT molecular complexity index is 952. The van der Waals surface area contributed by atoms with Gasteiger partial charge in [-0.25, -0.2) is 10.3 Å². The third-order valence-corrected chi connectivity index (χ3v) is 4.21. The van der Waals surface area contributed by atoms with Crippen LogP contribution in [0.25, 0.3) is 0 Å². The van der Waals surface area contributed by atoms with Crippen molar-refractivity contribution < 1.29 is 29.4 Å². The van der Waals surface area contributed by atoms with Gasteiger partial charge in [0.15, 0.2) is 0 Å². The molecule has 162 valence electrons. The number of nitrogens with one attached hydrogen (secondary N) is 2. The summed E-state index contributed by atoms with van der Waals surface area (Å²) in [4.78, 5) is 23.9. The quantitative estimate of drug-likeness (QED) is 0.275. The number of anilines is 1. The molecule has 0 aliphatic rings. The number of hydrogen-bond donors (Lipinski definition) is 4. The zero-order valence-electron chi connectivity index (χ0n) is 16.8. The molecule has 9 heteroatoms. The number of aliphatic hydroxyl groups is 1. The van der Waals surface area contributed by atoms with E-state index in [0.717, 1.165) is 6.08 Å². The van der Waals surface area contributed by atoms with E-state index in [1.54, 1.807) is 55.5 Å². The van der Waals surface area contributed by atoms with Crippen molar-refractivity contribution in [2.75, 3.05) is 18.5 Å². The van der Waals surface area contributed by atoms with E-state index in [1.165, 1.54) is 11.6 Å². The maximum Gasteiger partial charge on any atom is 0.412 e. The molecule has 4 N–H and O–H groups in total. The van der Waals surface area contributed by atoms with Gasteiger partial charge in [0, 0.05) is 23.2 Å². The lowest BCUT2D eigenvalue weighted by molar-refractivity contribution is -0.124. The molecule has 2 rings (SSSR count). The number of hydrogen-bond acceptors (Lipinski definition) is 7. The smallest absolute Gasteiger partial charge is 0.412 e. The van der Waals surface area contributed by atoms with E-state index in [0.29, 0.717) is 22.6 Å². The van der Waals surface area contributed by atoms with Gasteiger partial charge in [-0.15, -0.1) is 0 Å². The Labute approximate surface area is 179 Å². The van der Waals surface area contributed by atoms with Gasteiger partial charge in [0.1, 0.15) is 18.5 Å². The highest BCUT2D eigenvalue weighted by Gasteiger charge is 2.25. The van der Waals surface area contributed by atoms with Crippen LogP contribution in [-0.2, 0) is 9.53 Å². The van der Waals surface area contributed by atoms with E-state index in [1.807, 2.05) is 6.07 Å². The summed E-state index contributed by atoms with van der Waals surface area (Å²) in [6.07, 6.45) is 1.000. The molecule has 0 saturated carbocycles. The minimum Gasteiger partial charge on any atom is -0.491 e. The Hall–Kier alpha value is -3.87.